The number of carbonyl (C=O) groups is 2. The first kappa shape index (κ1) is 15.5. The zero-order chi connectivity index (χ0) is 14.4. The lowest BCUT2D eigenvalue weighted by Crippen LogP contribution is -2.15. The maximum atomic E-state index is 11.4. The highest BCUT2D eigenvalue weighted by Gasteiger charge is 2.21. The van der Waals surface area contributed by atoms with E-state index in [4.69, 9.17) is 16.2 Å². The number of nitrogens with one attached hydrogen (secondary N) is 1. The topological polar surface area (TPSA) is 107 Å². The fourth-order valence-electron chi connectivity index (χ4n) is 1.60. The Hall–Kier alpha value is -1.60. The molecule has 6 nitrogen and oxygen atoms in total. The molecule has 1 amide bonds. The third-order valence-corrected chi connectivity index (χ3v) is 3.73. The van der Waals surface area contributed by atoms with Crippen molar-refractivity contribution in [3.8, 4) is 0 Å². The Balaban J connectivity index is 2.79. The number of hydrogen-bond donors (Lipinski definition) is 3. The van der Waals surface area contributed by atoms with Gasteiger partial charge in [0.25, 0.3) is 5.91 Å². The minimum Gasteiger partial charge on any atom is -0.397 e. The van der Waals surface area contributed by atoms with Crippen molar-refractivity contribution >= 4 is 33.7 Å². The third-order valence-electron chi connectivity index (χ3n) is 2.47. The lowest BCUT2D eigenvalue weighted by molar-refractivity contribution is 0.100. The van der Waals surface area contributed by atoms with Crippen molar-refractivity contribution in [1.29, 1.82) is 0 Å². The van der Waals surface area contributed by atoms with E-state index in [2.05, 4.69) is 5.32 Å². The van der Waals surface area contributed by atoms with Gasteiger partial charge in [0.1, 0.15) is 5.00 Å². The quantitative estimate of drug-likeness (QED) is 0.495. The summed E-state index contributed by atoms with van der Waals surface area (Å²) in [6.07, 6.45) is 0.791. The standard InChI is InChI=1S/C12H19N3O3S/c1-3-18-6-4-5-15-12-8(11(14)17)9(13)10(19-12)7(2)16/h15H,3-6,13H2,1-2H3,(H2,14,17). The van der Waals surface area contributed by atoms with Gasteiger partial charge >= 0.3 is 0 Å². The van der Waals surface area contributed by atoms with Crippen LogP contribution in [-0.2, 0) is 4.74 Å². The molecule has 106 valence electrons. The normalized spacial score (nSPS) is 10.4. The molecule has 1 heterocycles. The van der Waals surface area contributed by atoms with Crippen molar-refractivity contribution in [2.45, 2.75) is 20.3 Å². The second-order valence-corrected chi connectivity index (χ2v) is 4.97. The number of carbonyl (C=O) groups excluding carboxylic acids is 2. The van der Waals surface area contributed by atoms with E-state index in [-0.39, 0.29) is 17.0 Å². The van der Waals surface area contributed by atoms with Crippen molar-refractivity contribution in [3.05, 3.63) is 10.4 Å². The van der Waals surface area contributed by atoms with Gasteiger partial charge in [-0.05, 0) is 13.3 Å². The zero-order valence-electron chi connectivity index (χ0n) is 11.1. The molecule has 0 fully saturated rings. The number of primary amides is 1. The minimum atomic E-state index is -0.631. The Morgan fingerprint density at radius 1 is 1.42 bits per heavy atom. The highest BCUT2D eigenvalue weighted by molar-refractivity contribution is 7.19. The summed E-state index contributed by atoms with van der Waals surface area (Å²) in [6, 6.07) is 0. The van der Waals surface area contributed by atoms with Gasteiger partial charge in [0.2, 0.25) is 0 Å². The third kappa shape index (κ3) is 3.93. The molecule has 7 heteroatoms. The molecule has 0 aliphatic rings. The summed E-state index contributed by atoms with van der Waals surface area (Å²) in [7, 11) is 0. The molecular formula is C12H19N3O3S. The zero-order valence-corrected chi connectivity index (χ0v) is 11.9. The predicted octanol–water partition coefficient (Wildman–Crippen LogP) is 1.47. The molecule has 1 aromatic rings. The number of thiophene rings is 1. The molecule has 1 rings (SSSR count). The van der Waals surface area contributed by atoms with E-state index in [1.807, 2.05) is 6.92 Å². The van der Waals surface area contributed by atoms with Gasteiger partial charge in [0.05, 0.1) is 16.1 Å². The summed E-state index contributed by atoms with van der Waals surface area (Å²) in [5.74, 6) is -0.805. The largest absolute Gasteiger partial charge is 0.397 e. The average Bonchev–Trinajstić information content (AvgIpc) is 2.66. The van der Waals surface area contributed by atoms with E-state index in [9.17, 15) is 9.59 Å². The van der Waals surface area contributed by atoms with Gasteiger partial charge in [-0.25, -0.2) is 0 Å². The highest BCUT2D eigenvalue weighted by atomic mass is 32.1. The van der Waals surface area contributed by atoms with Crippen LogP contribution < -0.4 is 16.8 Å². The molecule has 0 spiro atoms. The number of hydrogen-bond acceptors (Lipinski definition) is 6. The molecule has 0 radical (unpaired) electrons. The summed E-state index contributed by atoms with van der Waals surface area (Å²) in [4.78, 5) is 23.1. The molecule has 0 aromatic carbocycles. The fourth-order valence-corrected chi connectivity index (χ4v) is 2.64. The first-order valence-corrected chi connectivity index (χ1v) is 6.85. The summed E-state index contributed by atoms with van der Waals surface area (Å²) in [5.41, 5.74) is 11.4. The van der Waals surface area contributed by atoms with Crippen LogP contribution in [0.4, 0.5) is 10.7 Å². The van der Waals surface area contributed by atoms with Crippen molar-refractivity contribution in [2.75, 3.05) is 30.8 Å². The predicted molar refractivity (Wildman–Crippen MR) is 76.9 cm³/mol. The smallest absolute Gasteiger partial charge is 0.253 e. The monoisotopic (exact) mass is 285 g/mol. The molecule has 5 N–H and O–H groups in total. The van der Waals surface area contributed by atoms with Gasteiger partial charge in [-0.15, -0.1) is 11.3 Å². The molecule has 0 bridgehead atoms. The Kier molecular flexibility index (Phi) is 5.78. The minimum absolute atomic E-state index is 0.164. The van der Waals surface area contributed by atoms with Gasteiger partial charge in [0.15, 0.2) is 5.78 Å². The molecular weight excluding hydrogens is 266 g/mol. The van der Waals surface area contributed by atoms with Gasteiger partial charge in [-0.3, -0.25) is 9.59 Å². The van der Waals surface area contributed by atoms with E-state index in [1.165, 1.54) is 6.92 Å². The molecule has 0 saturated carbocycles. The number of ether oxygens (including phenoxy) is 1. The Labute approximate surface area is 116 Å². The first-order chi connectivity index (χ1) is 8.99. The maximum Gasteiger partial charge on any atom is 0.253 e. The lowest BCUT2D eigenvalue weighted by Gasteiger charge is -2.05. The van der Waals surface area contributed by atoms with Crippen LogP contribution in [0.1, 0.15) is 40.3 Å². The lowest BCUT2D eigenvalue weighted by atomic mass is 10.2. The maximum absolute atomic E-state index is 11.4. The van der Waals surface area contributed by atoms with Crippen LogP contribution in [-0.4, -0.2) is 31.4 Å². The van der Waals surface area contributed by atoms with Gasteiger partial charge < -0.3 is 21.5 Å². The van der Waals surface area contributed by atoms with Crippen LogP contribution in [0.5, 0.6) is 0 Å². The first-order valence-electron chi connectivity index (χ1n) is 6.03. The summed E-state index contributed by atoms with van der Waals surface area (Å²) < 4.78 is 5.21. The molecule has 0 aliphatic heterocycles. The average molecular weight is 285 g/mol. The molecule has 0 unspecified atom stereocenters. The van der Waals surface area contributed by atoms with Crippen LogP contribution >= 0.6 is 11.3 Å². The van der Waals surface area contributed by atoms with Crippen LogP contribution in [0.15, 0.2) is 0 Å². The van der Waals surface area contributed by atoms with Crippen molar-refractivity contribution in [2.24, 2.45) is 5.73 Å². The van der Waals surface area contributed by atoms with Gasteiger partial charge in [0, 0.05) is 26.7 Å². The van der Waals surface area contributed by atoms with E-state index < -0.39 is 5.91 Å². The second kappa shape index (κ2) is 7.10. The molecule has 1 aromatic heterocycles. The number of anilines is 2. The van der Waals surface area contributed by atoms with E-state index >= 15 is 0 Å². The van der Waals surface area contributed by atoms with Gasteiger partial charge in [-0.2, -0.15) is 0 Å². The van der Waals surface area contributed by atoms with Crippen molar-refractivity contribution < 1.29 is 14.3 Å². The Morgan fingerprint density at radius 3 is 2.63 bits per heavy atom. The fraction of sp³-hybridized carbons (Fsp3) is 0.500. The Bertz CT molecular complexity index is 471. The van der Waals surface area contributed by atoms with Crippen LogP contribution in [0.3, 0.4) is 0 Å². The molecule has 0 atom stereocenters. The number of ketones is 1. The van der Waals surface area contributed by atoms with Gasteiger partial charge in [-0.1, -0.05) is 0 Å². The van der Waals surface area contributed by atoms with E-state index in [0.717, 1.165) is 17.8 Å². The molecule has 0 aliphatic carbocycles. The summed E-state index contributed by atoms with van der Waals surface area (Å²) in [5, 5.41) is 3.62. The number of amides is 1. The van der Waals surface area contributed by atoms with Crippen molar-refractivity contribution in [1.82, 2.24) is 0 Å². The van der Waals surface area contributed by atoms with Crippen molar-refractivity contribution in [3.63, 3.8) is 0 Å². The molecule has 0 saturated heterocycles. The van der Waals surface area contributed by atoms with Crippen LogP contribution in [0.2, 0.25) is 0 Å². The Morgan fingerprint density at radius 2 is 2.11 bits per heavy atom. The number of nitrogen functional groups attached to an aromatic ring is 1. The van der Waals surface area contributed by atoms with E-state index in [1.54, 1.807) is 0 Å². The second-order valence-electron chi connectivity index (χ2n) is 3.95. The summed E-state index contributed by atoms with van der Waals surface area (Å²) in [6.45, 7) is 5.27. The number of rotatable bonds is 8. The van der Waals surface area contributed by atoms with E-state index in [0.29, 0.717) is 29.6 Å². The summed E-state index contributed by atoms with van der Waals surface area (Å²) >= 11 is 1.16. The SMILES string of the molecule is CCOCCCNc1sc(C(C)=O)c(N)c1C(N)=O. The van der Waals surface area contributed by atoms with Crippen LogP contribution in [0.25, 0.3) is 0 Å². The molecule has 19 heavy (non-hydrogen) atoms. The highest BCUT2D eigenvalue weighted by Crippen LogP contribution is 2.35. The number of Topliss-reactive ketones (excluding diaryl/α,β-unsaturated/α-hetero) is 1. The number of nitrogens with two attached hydrogens (primary N) is 2. The van der Waals surface area contributed by atoms with Crippen LogP contribution in [0, 0.1) is 0 Å².